The molecule has 0 radical (unpaired) electrons. The summed E-state index contributed by atoms with van der Waals surface area (Å²) in [6.07, 6.45) is 3.01. The van der Waals surface area contributed by atoms with Crippen molar-refractivity contribution >= 4 is 22.4 Å². The lowest BCUT2D eigenvalue weighted by molar-refractivity contribution is 0.185. The van der Waals surface area contributed by atoms with Gasteiger partial charge in [0.25, 0.3) is 5.89 Å². The van der Waals surface area contributed by atoms with E-state index < -0.39 is 0 Å². The second-order valence-corrected chi connectivity index (χ2v) is 9.19. The Morgan fingerprint density at radius 1 is 1.24 bits per heavy atom. The molecule has 9 nitrogen and oxygen atoms in total. The van der Waals surface area contributed by atoms with Crippen molar-refractivity contribution in [3.05, 3.63) is 40.5 Å². The highest BCUT2D eigenvalue weighted by atomic mass is 16.5. The summed E-state index contributed by atoms with van der Waals surface area (Å²) in [5.74, 6) is 1.69. The van der Waals surface area contributed by atoms with Crippen LogP contribution in [0, 0.1) is 31.8 Å². The molecule has 34 heavy (non-hydrogen) atoms. The maximum atomic E-state index is 9.79. The molecule has 0 unspecified atom stereocenters. The molecular formula is C25H27N7O2. The molecule has 0 saturated carbocycles. The normalized spacial score (nSPS) is 22.6. The fourth-order valence-corrected chi connectivity index (χ4v) is 5.14. The molecule has 2 aromatic heterocycles. The van der Waals surface area contributed by atoms with Crippen LogP contribution in [-0.2, 0) is 4.74 Å². The van der Waals surface area contributed by atoms with Crippen LogP contribution in [0.5, 0.6) is 0 Å². The van der Waals surface area contributed by atoms with E-state index in [-0.39, 0.29) is 6.04 Å². The average Bonchev–Trinajstić information content (AvgIpc) is 3.50. The van der Waals surface area contributed by atoms with Crippen LogP contribution in [0.3, 0.4) is 0 Å². The van der Waals surface area contributed by atoms with Crippen LogP contribution in [-0.4, -0.2) is 53.0 Å². The van der Waals surface area contributed by atoms with Crippen molar-refractivity contribution < 1.29 is 9.26 Å². The molecule has 4 heterocycles. The number of aryl methyl sites for hydroxylation is 2. The SMILES string of the molecule is [C-]#[N+]c1cc(C#N)c2nc(N3CC[C@@H](N[C@@H]4CCOC4)C[C@H]3C)c(-c3nc(C)no3)c(C)c2c1. The van der Waals surface area contributed by atoms with Crippen molar-refractivity contribution in [1.82, 2.24) is 20.4 Å². The Bertz CT molecular complexity index is 1310. The Hall–Kier alpha value is -3.53. The largest absolute Gasteiger partial charge is 0.380 e. The molecule has 9 heteroatoms. The minimum Gasteiger partial charge on any atom is -0.380 e. The van der Waals surface area contributed by atoms with Gasteiger partial charge in [-0.15, -0.1) is 0 Å². The van der Waals surface area contributed by atoms with Crippen molar-refractivity contribution in [2.75, 3.05) is 24.7 Å². The van der Waals surface area contributed by atoms with E-state index in [1.165, 1.54) is 0 Å². The zero-order valence-electron chi connectivity index (χ0n) is 19.6. The Morgan fingerprint density at radius 2 is 2.09 bits per heavy atom. The predicted molar refractivity (Wildman–Crippen MR) is 128 cm³/mol. The van der Waals surface area contributed by atoms with E-state index in [1.807, 2.05) is 6.92 Å². The summed E-state index contributed by atoms with van der Waals surface area (Å²) in [6, 6.07) is 6.68. The van der Waals surface area contributed by atoms with Gasteiger partial charge in [-0.2, -0.15) is 10.2 Å². The molecule has 2 aliphatic rings. The van der Waals surface area contributed by atoms with Crippen LogP contribution in [0.4, 0.5) is 11.5 Å². The zero-order chi connectivity index (χ0) is 23.8. The first-order valence-electron chi connectivity index (χ1n) is 11.7. The number of rotatable bonds is 4. The van der Waals surface area contributed by atoms with Crippen molar-refractivity contribution in [2.45, 2.75) is 58.2 Å². The lowest BCUT2D eigenvalue weighted by Crippen LogP contribution is -2.50. The number of aromatic nitrogens is 3. The van der Waals surface area contributed by atoms with Gasteiger partial charge in [0.2, 0.25) is 0 Å². The number of nitrogens with one attached hydrogen (secondary N) is 1. The van der Waals surface area contributed by atoms with E-state index >= 15 is 0 Å². The van der Waals surface area contributed by atoms with Crippen molar-refractivity contribution in [2.24, 2.45) is 0 Å². The summed E-state index contributed by atoms with van der Waals surface area (Å²) >= 11 is 0. The van der Waals surface area contributed by atoms with Crippen molar-refractivity contribution in [3.8, 4) is 17.5 Å². The fraction of sp³-hybridized carbons (Fsp3) is 0.480. The molecular weight excluding hydrogens is 430 g/mol. The van der Waals surface area contributed by atoms with Gasteiger partial charge in [-0.3, -0.25) is 0 Å². The molecule has 2 fully saturated rings. The average molecular weight is 458 g/mol. The fourth-order valence-electron chi connectivity index (χ4n) is 5.14. The number of nitriles is 1. The minimum absolute atomic E-state index is 0.216. The highest BCUT2D eigenvalue weighted by Crippen LogP contribution is 2.40. The van der Waals surface area contributed by atoms with E-state index in [2.05, 4.69) is 38.2 Å². The van der Waals surface area contributed by atoms with Crippen LogP contribution >= 0.6 is 0 Å². The summed E-state index contributed by atoms with van der Waals surface area (Å²) in [5, 5.41) is 18.3. The molecule has 3 aromatic rings. The van der Waals surface area contributed by atoms with Crippen LogP contribution in [0.25, 0.3) is 27.2 Å². The Balaban J connectivity index is 1.59. The summed E-state index contributed by atoms with van der Waals surface area (Å²) in [6.45, 7) is 15.8. The third kappa shape index (κ3) is 3.98. The molecule has 0 amide bonds. The van der Waals surface area contributed by atoms with Gasteiger partial charge in [-0.1, -0.05) is 5.16 Å². The van der Waals surface area contributed by atoms with Crippen LogP contribution < -0.4 is 10.2 Å². The van der Waals surface area contributed by atoms with Gasteiger partial charge in [-0.05, 0) is 63.1 Å². The van der Waals surface area contributed by atoms with Crippen LogP contribution in [0.1, 0.15) is 43.1 Å². The number of ether oxygens (including phenoxy) is 1. The third-order valence-electron chi connectivity index (χ3n) is 6.86. The topological polar surface area (TPSA) is 104 Å². The van der Waals surface area contributed by atoms with Crippen LogP contribution in [0.2, 0.25) is 0 Å². The number of pyridine rings is 1. The van der Waals surface area contributed by atoms with Gasteiger partial charge in [0.1, 0.15) is 11.9 Å². The third-order valence-corrected chi connectivity index (χ3v) is 6.86. The summed E-state index contributed by atoms with van der Waals surface area (Å²) in [7, 11) is 0. The van der Waals surface area contributed by atoms with Gasteiger partial charge in [0.15, 0.2) is 11.5 Å². The van der Waals surface area contributed by atoms with Gasteiger partial charge in [-0.25, -0.2) is 9.83 Å². The van der Waals surface area contributed by atoms with Gasteiger partial charge in [0.05, 0.1) is 29.8 Å². The van der Waals surface area contributed by atoms with Crippen molar-refractivity contribution in [3.63, 3.8) is 0 Å². The highest BCUT2D eigenvalue weighted by molar-refractivity contribution is 5.97. The molecule has 3 atom stereocenters. The number of anilines is 1. The molecule has 174 valence electrons. The van der Waals surface area contributed by atoms with E-state index in [0.717, 1.165) is 61.4 Å². The Morgan fingerprint density at radius 3 is 2.74 bits per heavy atom. The van der Waals surface area contributed by atoms with E-state index in [9.17, 15) is 5.26 Å². The summed E-state index contributed by atoms with van der Waals surface area (Å²) in [5.41, 5.74) is 3.04. The number of fused-ring (bicyclic) bond motifs is 1. The lowest BCUT2D eigenvalue weighted by atomic mass is 9.95. The quantitative estimate of drug-likeness (QED) is 0.585. The van der Waals surface area contributed by atoms with Gasteiger partial charge >= 0.3 is 0 Å². The monoisotopic (exact) mass is 457 g/mol. The molecule has 1 aromatic carbocycles. The first-order valence-corrected chi connectivity index (χ1v) is 11.7. The Labute approximate surface area is 198 Å². The van der Waals surface area contributed by atoms with Crippen molar-refractivity contribution in [1.29, 1.82) is 5.26 Å². The molecule has 2 saturated heterocycles. The molecule has 1 N–H and O–H groups in total. The smallest absolute Gasteiger partial charge is 0.261 e. The van der Waals surface area contributed by atoms with Gasteiger partial charge in [0, 0.05) is 31.3 Å². The number of hydrogen-bond acceptors (Lipinski definition) is 8. The standard InChI is InChI=1S/C25H27N7O2/c1-14-9-18(29-19-6-8-33-13-19)5-7-32(14)24-22(25-28-16(3)31-34-25)15(2)21-11-20(27-4)10-17(12-26)23(21)30-24/h10-11,14,18-19,29H,5-9,13H2,1-3H3/t14-,18-,19-/m1/s1. The molecule has 0 bridgehead atoms. The number of hydrogen-bond donors (Lipinski definition) is 1. The maximum Gasteiger partial charge on any atom is 0.261 e. The zero-order valence-corrected chi connectivity index (χ0v) is 19.6. The minimum atomic E-state index is 0.216. The number of piperidine rings is 1. The van der Waals surface area contributed by atoms with E-state index in [4.69, 9.17) is 20.8 Å². The molecule has 0 spiro atoms. The highest BCUT2D eigenvalue weighted by Gasteiger charge is 2.32. The predicted octanol–water partition coefficient (Wildman–Crippen LogP) is 4.06. The first-order chi connectivity index (χ1) is 16.5. The molecule has 2 aliphatic heterocycles. The van der Waals surface area contributed by atoms with E-state index in [0.29, 0.717) is 40.6 Å². The van der Waals surface area contributed by atoms with E-state index in [1.54, 1.807) is 19.1 Å². The number of nitrogens with zero attached hydrogens (tertiary/aromatic N) is 6. The first kappa shape index (κ1) is 22.3. The summed E-state index contributed by atoms with van der Waals surface area (Å²) < 4.78 is 11.1. The second-order valence-electron chi connectivity index (χ2n) is 9.19. The summed E-state index contributed by atoms with van der Waals surface area (Å²) in [4.78, 5) is 15.3. The molecule has 5 rings (SSSR count). The molecule has 0 aliphatic carbocycles. The second kappa shape index (κ2) is 9.02. The maximum absolute atomic E-state index is 9.79. The lowest BCUT2D eigenvalue weighted by Gasteiger charge is -2.40. The Kier molecular flexibility index (Phi) is 5.91. The van der Waals surface area contributed by atoms with Crippen LogP contribution in [0.15, 0.2) is 16.7 Å². The number of benzene rings is 1. The van der Waals surface area contributed by atoms with Gasteiger partial charge < -0.3 is 19.5 Å².